The topological polar surface area (TPSA) is 50.2 Å². The molecule has 5 heteroatoms. The highest BCUT2D eigenvalue weighted by atomic mass is 79.9. The van der Waals surface area contributed by atoms with Crippen molar-refractivity contribution < 1.29 is 9.90 Å². The second kappa shape index (κ2) is 6.22. The van der Waals surface area contributed by atoms with Crippen LogP contribution in [-0.4, -0.2) is 21.3 Å². The lowest BCUT2D eigenvalue weighted by Crippen LogP contribution is -2.21. The van der Waals surface area contributed by atoms with Gasteiger partial charge in [-0.05, 0) is 40.8 Å². The number of halogens is 1. The van der Waals surface area contributed by atoms with Crippen molar-refractivity contribution in [1.29, 1.82) is 0 Å². The molecule has 1 aliphatic rings. The van der Waals surface area contributed by atoms with Crippen molar-refractivity contribution in [3.63, 3.8) is 0 Å². The van der Waals surface area contributed by atoms with Crippen molar-refractivity contribution in [3.05, 3.63) is 58.8 Å². The summed E-state index contributed by atoms with van der Waals surface area (Å²) >= 11 is 5.06. The van der Waals surface area contributed by atoms with E-state index < -0.39 is 5.97 Å². The van der Waals surface area contributed by atoms with Crippen molar-refractivity contribution in [1.82, 2.24) is 4.98 Å². The minimum atomic E-state index is -0.742. The number of hydrogen-bond donors (Lipinski definition) is 1. The number of aromatic nitrogens is 1. The smallest absolute Gasteiger partial charge is 0.316 e. The first-order valence-electron chi connectivity index (χ1n) is 7.69. The van der Waals surface area contributed by atoms with Crippen molar-refractivity contribution in [2.75, 3.05) is 0 Å². The van der Waals surface area contributed by atoms with Crippen LogP contribution in [0.2, 0.25) is 0 Å². The molecule has 0 fully saturated rings. The first-order valence-corrected chi connectivity index (χ1v) is 9.36. The third-order valence-corrected chi connectivity index (χ3v) is 6.47. The van der Waals surface area contributed by atoms with E-state index in [0.29, 0.717) is 6.42 Å². The summed E-state index contributed by atoms with van der Waals surface area (Å²) in [5, 5.41) is 11.3. The summed E-state index contributed by atoms with van der Waals surface area (Å²) in [5.74, 6) is -0.742. The molecular weight excluding hydrogens is 386 g/mol. The molecule has 0 spiro atoms. The Morgan fingerprint density at radius 1 is 1.12 bits per heavy atom. The number of aryl methyl sites for hydroxylation is 1. The molecule has 0 bridgehead atoms. The third kappa shape index (κ3) is 2.62. The Bertz CT molecular complexity index is 957. The molecule has 0 amide bonds. The minimum absolute atomic E-state index is 0.389. The van der Waals surface area contributed by atoms with E-state index in [0.717, 1.165) is 43.3 Å². The van der Waals surface area contributed by atoms with Gasteiger partial charge in [0.15, 0.2) is 0 Å². The second-order valence-electron chi connectivity index (χ2n) is 5.80. The Hall–Kier alpha value is -1.85. The number of fused-ring (bicyclic) bond motifs is 2. The van der Waals surface area contributed by atoms with Gasteiger partial charge in [-0.25, -0.2) is 0 Å². The highest BCUT2D eigenvalue weighted by Crippen LogP contribution is 2.43. The molecule has 120 valence electrons. The van der Waals surface area contributed by atoms with E-state index in [1.54, 1.807) is 0 Å². The van der Waals surface area contributed by atoms with Crippen molar-refractivity contribution in [2.45, 2.75) is 23.0 Å². The lowest BCUT2D eigenvalue weighted by molar-refractivity contribution is -0.136. The van der Waals surface area contributed by atoms with Crippen LogP contribution in [0.3, 0.4) is 0 Å². The zero-order chi connectivity index (χ0) is 16.7. The summed E-state index contributed by atoms with van der Waals surface area (Å²) in [6.45, 7) is 0. The predicted octanol–water partition coefficient (Wildman–Crippen LogP) is 5.16. The van der Waals surface area contributed by atoms with Crippen molar-refractivity contribution in [2.24, 2.45) is 0 Å². The van der Waals surface area contributed by atoms with Crippen LogP contribution in [-0.2, 0) is 11.2 Å². The van der Waals surface area contributed by atoms with Gasteiger partial charge in [0.25, 0.3) is 0 Å². The van der Waals surface area contributed by atoms with Gasteiger partial charge in [-0.2, -0.15) is 0 Å². The van der Waals surface area contributed by atoms with Gasteiger partial charge in [-0.15, -0.1) is 11.8 Å². The molecule has 2 heterocycles. The number of pyridine rings is 1. The molecule has 3 nitrogen and oxygen atoms in total. The highest BCUT2D eigenvalue weighted by molar-refractivity contribution is 9.10. The zero-order valence-electron chi connectivity index (χ0n) is 12.7. The maximum atomic E-state index is 11.4. The molecule has 2 aromatic carbocycles. The maximum absolute atomic E-state index is 11.4. The predicted molar refractivity (Wildman–Crippen MR) is 100 cm³/mol. The Labute approximate surface area is 152 Å². The molecule has 24 heavy (non-hydrogen) atoms. The number of hydrogen-bond acceptors (Lipinski definition) is 3. The van der Waals surface area contributed by atoms with Crippen LogP contribution >= 0.6 is 27.7 Å². The average Bonchev–Trinajstić information content (AvgIpc) is 2.61. The molecular formula is C19H14BrNO2S. The van der Waals surface area contributed by atoms with Gasteiger partial charge < -0.3 is 5.11 Å². The molecule has 1 aliphatic heterocycles. The summed E-state index contributed by atoms with van der Waals surface area (Å²) < 4.78 is 1.05. The van der Waals surface area contributed by atoms with Gasteiger partial charge in [-0.3, -0.25) is 9.78 Å². The van der Waals surface area contributed by atoms with Gasteiger partial charge in [0, 0.05) is 27.3 Å². The molecule has 0 radical (unpaired) electrons. The highest BCUT2D eigenvalue weighted by Gasteiger charge is 2.27. The number of thioether (sulfide) groups is 1. The number of carbonyl (C=O) groups is 1. The second-order valence-corrected chi connectivity index (χ2v) is 7.87. The Morgan fingerprint density at radius 3 is 2.71 bits per heavy atom. The van der Waals surface area contributed by atoms with Gasteiger partial charge >= 0.3 is 5.97 Å². The third-order valence-electron chi connectivity index (χ3n) is 4.34. The molecule has 1 atom stereocenters. The summed E-state index contributed by atoms with van der Waals surface area (Å²) in [4.78, 5) is 16.9. The minimum Gasteiger partial charge on any atom is -0.480 e. The van der Waals surface area contributed by atoms with E-state index in [4.69, 9.17) is 0 Å². The molecule has 0 saturated carbocycles. The zero-order valence-corrected chi connectivity index (χ0v) is 15.1. The first-order chi connectivity index (χ1) is 11.6. The van der Waals surface area contributed by atoms with Gasteiger partial charge in [0.2, 0.25) is 0 Å². The largest absolute Gasteiger partial charge is 0.480 e. The normalized spacial score (nSPS) is 16.8. The molecule has 4 rings (SSSR count). The van der Waals surface area contributed by atoms with Crippen LogP contribution in [0.1, 0.15) is 12.0 Å². The number of rotatable bonds is 2. The lowest BCUT2D eigenvalue weighted by Gasteiger charge is -2.23. The molecule has 0 saturated heterocycles. The number of benzene rings is 2. The Morgan fingerprint density at radius 2 is 1.92 bits per heavy atom. The fourth-order valence-electron chi connectivity index (χ4n) is 3.16. The summed E-state index contributed by atoms with van der Waals surface area (Å²) in [5.41, 5.74) is 3.26. The Balaban J connectivity index is 1.93. The van der Waals surface area contributed by atoms with E-state index in [1.165, 1.54) is 11.8 Å². The fraction of sp³-hybridized carbons (Fsp3) is 0.158. The number of aliphatic carboxylic acids is 1. The summed E-state index contributed by atoms with van der Waals surface area (Å²) in [7, 11) is 0. The Kier molecular flexibility index (Phi) is 4.06. The van der Waals surface area contributed by atoms with E-state index >= 15 is 0 Å². The molecule has 1 N–H and O–H groups in total. The SMILES string of the molecule is O=C(O)C1CCc2cncc(-c3ccc(Br)c4ccccc34)c2S1. The molecule has 0 aliphatic carbocycles. The van der Waals surface area contributed by atoms with Crippen LogP contribution in [0.4, 0.5) is 0 Å². The average molecular weight is 400 g/mol. The summed E-state index contributed by atoms with van der Waals surface area (Å²) in [6.07, 6.45) is 5.13. The lowest BCUT2D eigenvalue weighted by atomic mass is 9.97. The van der Waals surface area contributed by atoms with Crippen molar-refractivity contribution in [3.8, 4) is 11.1 Å². The van der Waals surface area contributed by atoms with Gasteiger partial charge in [0.1, 0.15) is 5.25 Å². The van der Waals surface area contributed by atoms with E-state index in [1.807, 2.05) is 30.6 Å². The van der Waals surface area contributed by atoms with Crippen LogP contribution < -0.4 is 0 Å². The van der Waals surface area contributed by atoms with Gasteiger partial charge in [0.05, 0.1) is 0 Å². The number of carboxylic acid groups (broad SMARTS) is 1. The van der Waals surface area contributed by atoms with Crippen LogP contribution in [0.5, 0.6) is 0 Å². The molecule has 1 aromatic heterocycles. The van der Waals surface area contributed by atoms with Gasteiger partial charge in [-0.1, -0.05) is 46.3 Å². The molecule has 3 aromatic rings. The number of carboxylic acids is 1. The van der Waals surface area contributed by atoms with E-state index in [2.05, 4.69) is 39.1 Å². The standard InChI is InChI=1S/C19H14BrNO2S/c20-16-7-6-13(12-3-1-2-4-14(12)16)15-10-21-9-11-5-8-17(19(22)23)24-18(11)15/h1-4,6-7,9-10,17H,5,8H2,(H,22,23). The first kappa shape index (κ1) is 15.7. The summed E-state index contributed by atoms with van der Waals surface area (Å²) in [6, 6.07) is 12.3. The maximum Gasteiger partial charge on any atom is 0.316 e. The number of nitrogens with zero attached hydrogens (tertiary/aromatic N) is 1. The monoisotopic (exact) mass is 399 g/mol. The molecule has 1 unspecified atom stereocenters. The quantitative estimate of drug-likeness (QED) is 0.646. The van der Waals surface area contributed by atoms with Crippen LogP contribution in [0, 0.1) is 0 Å². The van der Waals surface area contributed by atoms with E-state index in [9.17, 15) is 9.90 Å². The fourth-order valence-corrected chi connectivity index (χ4v) is 4.85. The van der Waals surface area contributed by atoms with Crippen LogP contribution in [0.25, 0.3) is 21.9 Å². The van der Waals surface area contributed by atoms with Crippen molar-refractivity contribution >= 4 is 44.4 Å². The van der Waals surface area contributed by atoms with Crippen LogP contribution in [0.15, 0.2) is 58.2 Å². The van der Waals surface area contributed by atoms with E-state index in [-0.39, 0.29) is 5.25 Å².